The Balaban J connectivity index is 1.24. The summed E-state index contributed by atoms with van der Waals surface area (Å²) in [6, 6.07) is 17.1. The van der Waals surface area contributed by atoms with Crippen LogP contribution in [0.2, 0.25) is 0 Å². The molecule has 2 fully saturated rings. The third-order valence-electron chi connectivity index (χ3n) is 5.97. The highest BCUT2D eigenvalue weighted by Crippen LogP contribution is 2.23. The van der Waals surface area contributed by atoms with Crippen molar-refractivity contribution in [3.8, 4) is 0 Å². The lowest BCUT2D eigenvalue weighted by atomic mass is 9.94. The summed E-state index contributed by atoms with van der Waals surface area (Å²) in [6.07, 6.45) is 1.83. The van der Waals surface area contributed by atoms with E-state index in [-0.39, 0.29) is 11.7 Å². The first-order chi connectivity index (χ1) is 13.7. The number of hydrogen-bond donors (Lipinski definition) is 0. The number of para-hydroxylation sites is 1. The van der Waals surface area contributed by atoms with E-state index in [1.165, 1.54) is 17.8 Å². The van der Waals surface area contributed by atoms with Gasteiger partial charge in [0, 0.05) is 44.3 Å². The van der Waals surface area contributed by atoms with Gasteiger partial charge in [0.1, 0.15) is 5.82 Å². The second kappa shape index (κ2) is 8.74. The summed E-state index contributed by atoms with van der Waals surface area (Å²) in [5, 5.41) is 0. The van der Waals surface area contributed by atoms with Crippen LogP contribution >= 0.6 is 0 Å². The number of carbonyl (C=O) groups excluding carboxylic acids is 1. The maximum Gasteiger partial charge on any atom is 0.225 e. The van der Waals surface area contributed by atoms with E-state index in [9.17, 15) is 9.18 Å². The molecule has 0 radical (unpaired) electrons. The summed E-state index contributed by atoms with van der Waals surface area (Å²) >= 11 is 0. The fraction of sp³-hybridized carbons (Fsp3) is 0.435. The van der Waals surface area contributed by atoms with E-state index in [2.05, 4.69) is 39.0 Å². The number of piperidine rings is 1. The van der Waals surface area contributed by atoms with Gasteiger partial charge in [-0.3, -0.25) is 9.69 Å². The first-order valence-corrected chi connectivity index (χ1v) is 10.2. The van der Waals surface area contributed by atoms with Gasteiger partial charge < -0.3 is 9.80 Å². The zero-order valence-corrected chi connectivity index (χ0v) is 16.3. The number of piperazine rings is 1. The molecule has 0 aromatic heterocycles. The Hall–Kier alpha value is -2.40. The standard InChI is InChI=1S/C23H28FN3O/c24-21-8-6-19(7-9-21)18-25-12-10-20(11-13-25)23(28)27-16-14-26(15-17-27)22-4-2-1-3-5-22/h1-9,20H,10-18H2. The molecule has 0 bridgehead atoms. The predicted molar refractivity (Wildman–Crippen MR) is 110 cm³/mol. The molecule has 0 atom stereocenters. The highest BCUT2D eigenvalue weighted by Gasteiger charge is 2.30. The molecule has 148 valence electrons. The molecule has 28 heavy (non-hydrogen) atoms. The molecule has 2 heterocycles. The van der Waals surface area contributed by atoms with Gasteiger partial charge in [0.15, 0.2) is 0 Å². The van der Waals surface area contributed by atoms with Crippen molar-refractivity contribution in [2.75, 3.05) is 44.2 Å². The quantitative estimate of drug-likeness (QED) is 0.812. The lowest BCUT2D eigenvalue weighted by Crippen LogP contribution is -2.51. The summed E-state index contributed by atoms with van der Waals surface area (Å²) in [5.74, 6) is 0.280. The SMILES string of the molecule is O=C(C1CCN(Cc2ccc(F)cc2)CC1)N1CCN(c2ccccc2)CC1. The maximum absolute atomic E-state index is 13.0. The van der Waals surface area contributed by atoms with Crippen LogP contribution in [0.1, 0.15) is 18.4 Å². The van der Waals surface area contributed by atoms with Crippen LogP contribution in [-0.4, -0.2) is 55.0 Å². The average Bonchev–Trinajstić information content (AvgIpc) is 2.76. The van der Waals surface area contributed by atoms with Gasteiger partial charge in [0.2, 0.25) is 5.91 Å². The topological polar surface area (TPSA) is 26.8 Å². The van der Waals surface area contributed by atoms with Crippen molar-refractivity contribution in [3.63, 3.8) is 0 Å². The number of carbonyl (C=O) groups is 1. The summed E-state index contributed by atoms with van der Waals surface area (Å²) in [5.41, 5.74) is 2.37. The highest BCUT2D eigenvalue weighted by atomic mass is 19.1. The molecule has 0 unspecified atom stereocenters. The van der Waals surface area contributed by atoms with Crippen LogP contribution in [-0.2, 0) is 11.3 Å². The molecule has 5 heteroatoms. The Morgan fingerprint density at radius 2 is 1.50 bits per heavy atom. The summed E-state index contributed by atoms with van der Waals surface area (Å²) in [4.78, 5) is 19.7. The van der Waals surface area contributed by atoms with Crippen molar-refractivity contribution in [1.82, 2.24) is 9.80 Å². The van der Waals surface area contributed by atoms with Crippen molar-refractivity contribution < 1.29 is 9.18 Å². The molecule has 0 spiro atoms. The van der Waals surface area contributed by atoms with E-state index in [1.54, 1.807) is 0 Å². The minimum atomic E-state index is -0.194. The number of anilines is 1. The first-order valence-electron chi connectivity index (χ1n) is 10.2. The minimum Gasteiger partial charge on any atom is -0.368 e. The largest absolute Gasteiger partial charge is 0.368 e. The van der Waals surface area contributed by atoms with E-state index >= 15 is 0 Å². The van der Waals surface area contributed by atoms with E-state index in [4.69, 9.17) is 0 Å². The van der Waals surface area contributed by atoms with E-state index < -0.39 is 0 Å². The van der Waals surface area contributed by atoms with Gasteiger partial charge >= 0.3 is 0 Å². The van der Waals surface area contributed by atoms with Crippen LogP contribution in [0.4, 0.5) is 10.1 Å². The molecule has 2 aliphatic heterocycles. The normalized spacial score (nSPS) is 19.0. The zero-order valence-electron chi connectivity index (χ0n) is 16.3. The van der Waals surface area contributed by atoms with Crippen molar-refractivity contribution in [2.45, 2.75) is 19.4 Å². The van der Waals surface area contributed by atoms with Crippen LogP contribution in [0.15, 0.2) is 54.6 Å². The lowest BCUT2D eigenvalue weighted by molar-refractivity contribution is -0.137. The van der Waals surface area contributed by atoms with Gasteiger partial charge in [-0.2, -0.15) is 0 Å². The number of nitrogens with zero attached hydrogens (tertiary/aromatic N) is 3. The zero-order chi connectivity index (χ0) is 19.3. The molecule has 0 N–H and O–H groups in total. The Morgan fingerprint density at radius 3 is 2.14 bits per heavy atom. The molecule has 1 amide bonds. The molecule has 2 aliphatic rings. The van der Waals surface area contributed by atoms with Crippen LogP contribution in [0, 0.1) is 11.7 Å². The maximum atomic E-state index is 13.0. The van der Waals surface area contributed by atoms with Gasteiger partial charge in [0.25, 0.3) is 0 Å². The van der Waals surface area contributed by atoms with Crippen molar-refractivity contribution in [1.29, 1.82) is 0 Å². The average molecular weight is 381 g/mol. The second-order valence-corrected chi connectivity index (χ2v) is 7.82. The third kappa shape index (κ3) is 4.53. The van der Waals surface area contributed by atoms with Gasteiger partial charge in [-0.15, -0.1) is 0 Å². The fourth-order valence-corrected chi connectivity index (χ4v) is 4.27. The van der Waals surface area contributed by atoms with Crippen LogP contribution in [0.5, 0.6) is 0 Å². The van der Waals surface area contributed by atoms with Crippen molar-refractivity contribution in [3.05, 3.63) is 66.0 Å². The molecule has 4 nitrogen and oxygen atoms in total. The highest BCUT2D eigenvalue weighted by molar-refractivity contribution is 5.79. The Morgan fingerprint density at radius 1 is 0.857 bits per heavy atom. The number of benzene rings is 2. The molecule has 0 saturated carbocycles. The molecule has 0 aliphatic carbocycles. The van der Waals surface area contributed by atoms with Crippen molar-refractivity contribution in [2.24, 2.45) is 5.92 Å². The number of hydrogen-bond acceptors (Lipinski definition) is 3. The predicted octanol–water partition coefficient (Wildman–Crippen LogP) is 3.39. The van der Waals surface area contributed by atoms with Gasteiger partial charge in [-0.05, 0) is 55.8 Å². The molecular formula is C23H28FN3O. The second-order valence-electron chi connectivity index (χ2n) is 7.82. The molecule has 4 rings (SSSR count). The molecule has 2 saturated heterocycles. The Kier molecular flexibility index (Phi) is 5.91. The molecule has 2 aromatic carbocycles. The monoisotopic (exact) mass is 381 g/mol. The van der Waals surface area contributed by atoms with Crippen LogP contribution in [0.25, 0.3) is 0 Å². The number of likely N-dealkylation sites (tertiary alicyclic amines) is 1. The number of rotatable bonds is 4. The number of halogens is 1. The molecule has 2 aromatic rings. The van der Waals surface area contributed by atoms with E-state index in [0.29, 0.717) is 5.91 Å². The number of amides is 1. The van der Waals surface area contributed by atoms with E-state index in [1.807, 2.05) is 18.2 Å². The summed E-state index contributed by atoms with van der Waals surface area (Å²) < 4.78 is 13.0. The lowest BCUT2D eigenvalue weighted by Gasteiger charge is -2.39. The Labute approximate surface area is 166 Å². The Bertz CT molecular complexity index is 764. The summed E-state index contributed by atoms with van der Waals surface area (Å²) in [6.45, 7) is 6.11. The third-order valence-corrected chi connectivity index (χ3v) is 5.97. The van der Waals surface area contributed by atoms with E-state index in [0.717, 1.165) is 64.2 Å². The van der Waals surface area contributed by atoms with Gasteiger partial charge in [-0.1, -0.05) is 30.3 Å². The van der Waals surface area contributed by atoms with Crippen LogP contribution < -0.4 is 4.90 Å². The molecular weight excluding hydrogens is 353 g/mol. The fourth-order valence-electron chi connectivity index (χ4n) is 4.27. The minimum absolute atomic E-state index is 0.146. The van der Waals surface area contributed by atoms with Crippen LogP contribution in [0.3, 0.4) is 0 Å². The first kappa shape index (κ1) is 18.9. The van der Waals surface area contributed by atoms with Crippen molar-refractivity contribution >= 4 is 11.6 Å². The van der Waals surface area contributed by atoms with Gasteiger partial charge in [-0.25, -0.2) is 4.39 Å². The smallest absolute Gasteiger partial charge is 0.225 e. The van der Waals surface area contributed by atoms with Gasteiger partial charge in [0.05, 0.1) is 0 Å². The summed E-state index contributed by atoms with van der Waals surface area (Å²) in [7, 11) is 0.